The smallest absolute Gasteiger partial charge is 0.259 e. The number of anilines is 1. The number of para-hydroxylation sites is 1. The van der Waals surface area contributed by atoms with Crippen molar-refractivity contribution < 1.29 is 4.79 Å². The SMILES string of the molecule is Cc1ccc(NC(=O)CSc2nc3ccccc3c(=O)[nH]2)c(C)c1. The molecule has 6 heteroatoms. The number of aromatic amines is 1. The van der Waals surface area contributed by atoms with E-state index in [0.29, 0.717) is 16.1 Å². The summed E-state index contributed by atoms with van der Waals surface area (Å²) in [6.45, 7) is 3.97. The van der Waals surface area contributed by atoms with Crippen molar-refractivity contribution in [3.8, 4) is 0 Å². The molecule has 3 aromatic rings. The summed E-state index contributed by atoms with van der Waals surface area (Å²) in [5, 5.41) is 3.86. The Labute approximate surface area is 143 Å². The Morgan fingerprint density at radius 1 is 1.21 bits per heavy atom. The molecule has 3 rings (SSSR count). The number of thioether (sulfide) groups is 1. The average Bonchev–Trinajstić information content (AvgIpc) is 2.56. The molecule has 0 atom stereocenters. The average molecular weight is 339 g/mol. The number of aryl methyl sites for hydroxylation is 2. The van der Waals surface area contributed by atoms with Crippen LogP contribution in [0.25, 0.3) is 10.9 Å². The van der Waals surface area contributed by atoms with Gasteiger partial charge >= 0.3 is 0 Å². The molecule has 0 bridgehead atoms. The standard InChI is InChI=1S/C18H17N3O2S/c1-11-7-8-14(12(2)9-11)19-16(22)10-24-18-20-15-6-4-3-5-13(15)17(23)21-18/h3-9H,10H2,1-2H3,(H,19,22)(H,20,21,23). The predicted octanol–water partition coefficient (Wildman–Crippen LogP) is 3.27. The van der Waals surface area contributed by atoms with Gasteiger partial charge in [0.25, 0.3) is 5.56 Å². The molecule has 0 radical (unpaired) electrons. The molecule has 2 aromatic carbocycles. The molecule has 0 unspecified atom stereocenters. The van der Waals surface area contributed by atoms with E-state index in [4.69, 9.17) is 0 Å². The van der Waals surface area contributed by atoms with Gasteiger partial charge in [-0.05, 0) is 37.6 Å². The molecule has 0 fully saturated rings. The second-order valence-corrected chi connectivity index (χ2v) is 6.51. The van der Waals surface area contributed by atoms with E-state index >= 15 is 0 Å². The Balaban J connectivity index is 1.69. The second-order valence-electron chi connectivity index (χ2n) is 5.54. The van der Waals surface area contributed by atoms with E-state index < -0.39 is 0 Å². The highest BCUT2D eigenvalue weighted by atomic mass is 32.2. The summed E-state index contributed by atoms with van der Waals surface area (Å²) in [6, 6.07) is 13.0. The first-order valence-corrected chi connectivity index (χ1v) is 8.50. The number of aromatic nitrogens is 2. The van der Waals surface area contributed by atoms with Crippen LogP contribution in [0, 0.1) is 13.8 Å². The summed E-state index contributed by atoms with van der Waals surface area (Å²) in [4.78, 5) is 31.2. The van der Waals surface area contributed by atoms with Crippen LogP contribution in [0.5, 0.6) is 0 Å². The van der Waals surface area contributed by atoms with Crippen molar-refractivity contribution in [2.24, 2.45) is 0 Å². The monoisotopic (exact) mass is 339 g/mol. The van der Waals surface area contributed by atoms with Gasteiger partial charge in [0.15, 0.2) is 5.16 Å². The summed E-state index contributed by atoms with van der Waals surface area (Å²) in [7, 11) is 0. The highest BCUT2D eigenvalue weighted by molar-refractivity contribution is 7.99. The van der Waals surface area contributed by atoms with Gasteiger partial charge in [-0.25, -0.2) is 4.98 Å². The summed E-state index contributed by atoms with van der Waals surface area (Å²) in [6.07, 6.45) is 0. The Kier molecular flexibility index (Phi) is 4.66. The van der Waals surface area contributed by atoms with Gasteiger partial charge in [-0.15, -0.1) is 0 Å². The normalized spacial score (nSPS) is 10.8. The van der Waals surface area contributed by atoms with E-state index in [9.17, 15) is 9.59 Å². The molecular formula is C18H17N3O2S. The first-order valence-electron chi connectivity index (χ1n) is 7.52. The van der Waals surface area contributed by atoms with E-state index in [2.05, 4.69) is 15.3 Å². The molecular weight excluding hydrogens is 322 g/mol. The topological polar surface area (TPSA) is 74.8 Å². The van der Waals surface area contributed by atoms with Crippen molar-refractivity contribution in [3.63, 3.8) is 0 Å². The lowest BCUT2D eigenvalue weighted by Crippen LogP contribution is -2.16. The summed E-state index contributed by atoms with van der Waals surface area (Å²) >= 11 is 1.21. The molecule has 0 saturated heterocycles. The van der Waals surface area contributed by atoms with Crippen LogP contribution in [0.1, 0.15) is 11.1 Å². The molecule has 0 aliphatic rings. The first kappa shape index (κ1) is 16.3. The minimum Gasteiger partial charge on any atom is -0.325 e. The zero-order valence-corrected chi connectivity index (χ0v) is 14.2. The number of benzene rings is 2. The zero-order chi connectivity index (χ0) is 17.1. The minimum atomic E-state index is -0.196. The van der Waals surface area contributed by atoms with Crippen LogP contribution in [0.15, 0.2) is 52.4 Å². The summed E-state index contributed by atoms with van der Waals surface area (Å²) in [5.74, 6) is 0.0389. The number of nitrogens with zero attached hydrogens (tertiary/aromatic N) is 1. The van der Waals surface area contributed by atoms with E-state index in [1.54, 1.807) is 18.2 Å². The van der Waals surface area contributed by atoms with Crippen molar-refractivity contribution in [1.82, 2.24) is 9.97 Å². The number of hydrogen-bond acceptors (Lipinski definition) is 4. The maximum absolute atomic E-state index is 12.1. The third kappa shape index (κ3) is 3.65. The number of hydrogen-bond donors (Lipinski definition) is 2. The van der Waals surface area contributed by atoms with Crippen LogP contribution in [-0.2, 0) is 4.79 Å². The van der Waals surface area contributed by atoms with Crippen molar-refractivity contribution in [1.29, 1.82) is 0 Å². The van der Waals surface area contributed by atoms with Gasteiger partial charge in [0.05, 0.1) is 16.7 Å². The van der Waals surface area contributed by atoms with Crippen LogP contribution in [0.4, 0.5) is 5.69 Å². The predicted molar refractivity (Wildman–Crippen MR) is 97.6 cm³/mol. The van der Waals surface area contributed by atoms with E-state index in [1.807, 2.05) is 38.1 Å². The van der Waals surface area contributed by atoms with E-state index in [0.717, 1.165) is 16.8 Å². The molecule has 24 heavy (non-hydrogen) atoms. The number of fused-ring (bicyclic) bond motifs is 1. The van der Waals surface area contributed by atoms with Crippen LogP contribution in [-0.4, -0.2) is 21.6 Å². The number of H-pyrrole nitrogens is 1. The minimum absolute atomic E-state index is 0.136. The molecule has 1 amide bonds. The van der Waals surface area contributed by atoms with Crippen LogP contribution in [0.3, 0.4) is 0 Å². The maximum Gasteiger partial charge on any atom is 0.259 e. The molecule has 0 aliphatic heterocycles. The number of rotatable bonds is 4. The fourth-order valence-electron chi connectivity index (χ4n) is 2.41. The van der Waals surface area contributed by atoms with Crippen molar-refractivity contribution in [2.45, 2.75) is 19.0 Å². The van der Waals surface area contributed by atoms with Gasteiger partial charge in [0.2, 0.25) is 5.91 Å². The molecule has 2 N–H and O–H groups in total. The lowest BCUT2D eigenvalue weighted by Gasteiger charge is -2.09. The van der Waals surface area contributed by atoms with Gasteiger partial charge in [0, 0.05) is 5.69 Å². The van der Waals surface area contributed by atoms with E-state index in [1.165, 1.54) is 11.8 Å². The second kappa shape index (κ2) is 6.88. The maximum atomic E-state index is 12.1. The molecule has 0 aliphatic carbocycles. The van der Waals surface area contributed by atoms with Crippen LogP contribution in [0.2, 0.25) is 0 Å². The van der Waals surface area contributed by atoms with Gasteiger partial charge in [0.1, 0.15) is 0 Å². The third-order valence-electron chi connectivity index (χ3n) is 3.59. The lowest BCUT2D eigenvalue weighted by molar-refractivity contribution is -0.113. The number of carbonyl (C=O) groups excluding carboxylic acids is 1. The summed E-state index contributed by atoms with van der Waals surface area (Å²) < 4.78 is 0. The highest BCUT2D eigenvalue weighted by Gasteiger charge is 2.08. The summed E-state index contributed by atoms with van der Waals surface area (Å²) in [5.41, 5.74) is 3.39. The Hall–Kier alpha value is -2.60. The Morgan fingerprint density at radius 2 is 2.00 bits per heavy atom. The van der Waals surface area contributed by atoms with Crippen molar-refractivity contribution in [3.05, 3.63) is 63.9 Å². The van der Waals surface area contributed by atoms with Crippen LogP contribution < -0.4 is 10.9 Å². The third-order valence-corrected chi connectivity index (χ3v) is 4.46. The van der Waals surface area contributed by atoms with Gasteiger partial charge in [-0.1, -0.05) is 41.6 Å². The van der Waals surface area contributed by atoms with Gasteiger partial charge in [-0.2, -0.15) is 0 Å². The molecule has 0 saturated carbocycles. The Morgan fingerprint density at radius 3 is 2.79 bits per heavy atom. The molecule has 5 nitrogen and oxygen atoms in total. The fourth-order valence-corrected chi connectivity index (χ4v) is 3.08. The molecule has 122 valence electrons. The quantitative estimate of drug-likeness (QED) is 0.565. The largest absolute Gasteiger partial charge is 0.325 e. The number of amides is 1. The van der Waals surface area contributed by atoms with Crippen molar-refractivity contribution in [2.75, 3.05) is 11.1 Å². The molecule has 1 heterocycles. The zero-order valence-electron chi connectivity index (χ0n) is 13.4. The number of carbonyl (C=O) groups is 1. The van der Waals surface area contributed by atoms with Gasteiger partial charge < -0.3 is 10.3 Å². The first-order chi connectivity index (χ1) is 11.5. The highest BCUT2D eigenvalue weighted by Crippen LogP contribution is 2.18. The van der Waals surface area contributed by atoms with E-state index in [-0.39, 0.29) is 17.2 Å². The van der Waals surface area contributed by atoms with Crippen LogP contribution >= 0.6 is 11.8 Å². The fraction of sp³-hybridized carbons (Fsp3) is 0.167. The number of nitrogens with one attached hydrogen (secondary N) is 2. The van der Waals surface area contributed by atoms with Gasteiger partial charge in [-0.3, -0.25) is 9.59 Å². The Bertz CT molecular complexity index is 966. The molecule has 1 aromatic heterocycles. The van der Waals surface area contributed by atoms with Crippen molar-refractivity contribution >= 4 is 34.3 Å². The lowest BCUT2D eigenvalue weighted by atomic mass is 10.1. The molecule has 0 spiro atoms.